The van der Waals surface area contributed by atoms with Crippen LogP contribution in [-0.4, -0.2) is 23.6 Å². The highest BCUT2D eigenvalue weighted by Crippen LogP contribution is 2.48. The summed E-state index contributed by atoms with van der Waals surface area (Å²) in [5, 5.41) is 1.31. The predicted octanol–water partition coefficient (Wildman–Crippen LogP) is 7.70. The molecule has 37 heavy (non-hydrogen) atoms. The fourth-order valence-corrected chi connectivity index (χ4v) is 6.37. The van der Waals surface area contributed by atoms with Crippen molar-refractivity contribution >= 4 is 60.9 Å². The second-order valence-electron chi connectivity index (χ2n) is 8.41. The average molecular weight is 548 g/mol. The third-order valence-electron chi connectivity index (χ3n) is 6.06. The van der Waals surface area contributed by atoms with Gasteiger partial charge in [0.05, 0.1) is 19.0 Å². The molecule has 1 aliphatic heterocycles. The van der Waals surface area contributed by atoms with Gasteiger partial charge in [0.2, 0.25) is 0 Å². The molecule has 1 aromatic heterocycles. The predicted molar refractivity (Wildman–Crippen MR) is 152 cm³/mol. The Hall–Kier alpha value is -3.39. The number of hydrogen-bond donors (Lipinski definition) is 0. The molecule has 0 aliphatic carbocycles. The van der Waals surface area contributed by atoms with Crippen molar-refractivity contribution in [3.63, 3.8) is 0 Å². The Morgan fingerprint density at radius 3 is 2.32 bits per heavy atom. The number of carbonyl (C=O) groups is 2. The SMILES string of the molecule is C=C1C=C(c2ccc(OC(=O)Cc3c(C)n(C(=O)c4ccc(Cl)cc4)c4ccc(OC)cc34)cc2)SS1. The van der Waals surface area contributed by atoms with Crippen molar-refractivity contribution in [2.24, 2.45) is 0 Å². The summed E-state index contributed by atoms with van der Waals surface area (Å²) in [5.41, 5.74) is 3.60. The Morgan fingerprint density at radius 2 is 1.68 bits per heavy atom. The molecular formula is C29H22ClNO4S2. The van der Waals surface area contributed by atoms with Crippen molar-refractivity contribution in [1.82, 2.24) is 4.57 Å². The average Bonchev–Trinajstić information content (AvgIpc) is 3.45. The maximum atomic E-state index is 13.5. The van der Waals surface area contributed by atoms with Crippen LogP contribution in [-0.2, 0) is 11.2 Å². The van der Waals surface area contributed by atoms with Gasteiger partial charge in [-0.1, -0.05) is 51.9 Å². The number of allylic oxidation sites excluding steroid dienone is 1. The molecule has 0 amide bonds. The summed E-state index contributed by atoms with van der Waals surface area (Å²) >= 11 is 6.01. The zero-order valence-electron chi connectivity index (χ0n) is 20.1. The molecule has 0 spiro atoms. The van der Waals surface area contributed by atoms with Crippen LogP contribution in [0.3, 0.4) is 0 Å². The van der Waals surface area contributed by atoms with Gasteiger partial charge in [-0.3, -0.25) is 14.2 Å². The molecule has 8 heteroatoms. The summed E-state index contributed by atoms with van der Waals surface area (Å²) in [6, 6.07) is 19.6. The van der Waals surface area contributed by atoms with E-state index in [-0.39, 0.29) is 12.3 Å². The van der Waals surface area contributed by atoms with E-state index in [1.807, 2.05) is 37.3 Å². The van der Waals surface area contributed by atoms with E-state index in [9.17, 15) is 9.59 Å². The normalized spacial score (nSPS) is 13.1. The first-order valence-electron chi connectivity index (χ1n) is 11.4. The van der Waals surface area contributed by atoms with E-state index in [1.165, 1.54) is 0 Å². The second-order valence-corrected chi connectivity index (χ2v) is 11.1. The summed E-state index contributed by atoms with van der Waals surface area (Å²) < 4.78 is 12.7. The minimum Gasteiger partial charge on any atom is -0.497 e. The second kappa shape index (κ2) is 10.5. The number of benzene rings is 3. The van der Waals surface area contributed by atoms with Gasteiger partial charge < -0.3 is 9.47 Å². The van der Waals surface area contributed by atoms with Gasteiger partial charge in [-0.15, -0.1) is 0 Å². The van der Waals surface area contributed by atoms with E-state index >= 15 is 0 Å². The van der Waals surface area contributed by atoms with Crippen LogP contribution in [0.1, 0.15) is 27.2 Å². The molecule has 0 atom stereocenters. The van der Waals surface area contributed by atoms with E-state index < -0.39 is 5.97 Å². The monoisotopic (exact) mass is 547 g/mol. The number of aromatic nitrogens is 1. The summed E-state index contributed by atoms with van der Waals surface area (Å²) in [6.07, 6.45) is 2.03. The molecule has 4 aromatic rings. The van der Waals surface area contributed by atoms with Crippen LogP contribution in [0.4, 0.5) is 0 Å². The number of hydrogen-bond acceptors (Lipinski definition) is 6. The molecule has 0 fully saturated rings. The first kappa shape index (κ1) is 25.3. The first-order valence-corrected chi connectivity index (χ1v) is 13.9. The number of fused-ring (bicyclic) bond motifs is 1. The Morgan fingerprint density at radius 1 is 0.973 bits per heavy atom. The lowest BCUT2D eigenvalue weighted by molar-refractivity contribution is -0.133. The number of carbonyl (C=O) groups excluding carboxylic acids is 2. The van der Waals surface area contributed by atoms with Crippen molar-refractivity contribution in [1.29, 1.82) is 0 Å². The third kappa shape index (κ3) is 5.21. The summed E-state index contributed by atoms with van der Waals surface area (Å²) in [7, 11) is 4.87. The lowest BCUT2D eigenvalue weighted by atomic mass is 10.1. The van der Waals surface area contributed by atoms with E-state index in [0.29, 0.717) is 38.9 Å². The van der Waals surface area contributed by atoms with E-state index in [4.69, 9.17) is 21.1 Å². The van der Waals surface area contributed by atoms with Crippen molar-refractivity contribution in [2.75, 3.05) is 7.11 Å². The topological polar surface area (TPSA) is 57.5 Å². The van der Waals surface area contributed by atoms with Gasteiger partial charge in [0, 0.05) is 31.5 Å². The van der Waals surface area contributed by atoms with Crippen molar-refractivity contribution in [3.05, 3.63) is 112 Å². The first-order chi connectivity index (χ1) is 17.8. The van der Waals surface area contributed by atoms with Crippen LogP contribution in [0.15, 0.2) is 84.3 Å². The van der Waals surface area contributed by atoms with Crippen molar-refractivity contribution in [3.8, 4) is 11.5 Å². The number of ether oxygens (including phenoxy) is 2. The van der Waals surface area contributed by atoms with Gasteiger partial charge in [-0.25, -0.2) is 0 Å². The molecule has 0 unspecified atom stereocenters. The largest absolute Gasteiger partial charge is 0.497 e. The van der Waals surface area contributed by atoms with Crippen LogP contribution in [0.25, 0.3) is 15.8 Å². The van der Waals surface area contributed by atoms with Crippen LogP contribution in [0, 0.1) is 6.92 Å². The highest BCUT2D eigenvalue weighted by molar-refractivity contribution is 8.82. The molecule has 0 saturated heterocycles. The minimum absolute atomic E-state index is 0.00435. The van der Waals surface area contributed by atoms with Gasteiger partial charge in [0.15, 0.2) is 0 Å². The van der Waals surface area contributed by atoms with Crippen LogP contribution < -0.4 is 9.47 Å². The maximum absolute atomic E-state index is 13.5. The Bertz CT molecular complexity index is 1570. The summed E-state index contributed by atoms with van der Waals surface area (Å²) in [5.74, 6) is 0.461. The number of nitrogens with zero attached hydrogens (tertiary/aromatic N) is 1. The number of esters is 1. The number of rotatable bonds is 6. The van der Waals surface area contributed by atoms with Gasteiger partial charge in [-0.05, 0) is 78.7 Å². The van der Waals surface area contributed by atoms with E-state index in [1.54, 1.807) is 75.7 Å². The smallest absolute Gasteiger partial charge is 0.315 e. The number of halogens is 1. The molecule has 3 aromatic carbocycles. The lowest BCUT2D eigenvalue weighted by Crippen LogP contribution is -2.15. The standard InChI is InChI=1S/C29H22ClNO4S2/c1-17-14-27(37-36-17)19-6-10-22(11-7-19)35-28(32)16-24-18(2)31(26-13-12-23(34-3)15-25(24)26)29(33)20-4-8-21(30)9-5-20/h4-15H,1,16H2,2-3H3. The lowest BCUT2D eigenvalue weighted by Gasteiger charge is -2.08. The molecule has 5 nitrogen and oxygen atoms in total. The fourth-order valence-electron chi connectivity index (χ4n) is 4.22. The van der Waals surface area contributed by atoms with Gasteiger partial charge in [0.1, 0.15) is 11.5 Å². The van der Waals surface area contributed by atoms with E-state index in [0.717, 1.165) is 20.8 Å². The van der Waals surface area contributed by atoms with Crippen molar-refractivity contribution < 1.29 is 19.1 Å². The molecule has 0 bridgehead atoms. The van der Waals surface area contributed by atoms with Gasteiger partial charge >= 0.3 is 5.97 Å². The zero-order valence-corrected chi connectivity index (χ0v) is 22.5. The zero-order chi connectivity index (χ0) is 26.1. The molecule has 0 N–H and O–H groups in total. The van der Waals surface area contributed by atoms with Crippen LogP contribution in [0.5, 0.6) is 11.5 Å². The molecule has 0 radical (unpaired) electrons. The minimum atomic E-state index is -0.421. The molecular weight excluding hydrogens is 526 g/mol. The molecule has 1 aliphatic rings. The fraction of sp³-hybridized carbons (Fsp3) is 0.103. The van der Waals surface area contributed by atoms with Gasteiger partial charge in [-0.2, -0.15) is 0 Å². The third-order valence-corrected chi connectivity index (χ3v) is 8.69. The summed E-state index contributed by atoms with van der Waals surface area (Å²) in [6.45, 7) is 5.79. The molecule has 186 valence electrons. The quantitative estimate of drug-likeness (QED) is 0.140. The Kier molecular flexibility index (Phi) is 7.20. The Balaban J connectivity index is 1.43. The van der Waals surface area contributed by atoms with Gasteiger partial charge in [0.25, 0.3) is 5.91 Å². The van der Waals surface area contributed by atoms with Crippen LogP contribution in [0.2, 0.25) is 5.02 Å². The molecule has 0 saturated carbocycles. The molecule has 2 heterocycles. The maximum Gasteiger partial charge on any atom is 0.315 e. The van der Waals surface area contributed by atoms with E-state index in [2.05, 4.69) is 6.58 Å². The summed E-state index contributed by atoms with van der Waals surface area (Å²) in [4.78, 5) is 28.6. The highest BCUT2D eigenvalue weighted by Gasteiger charge is 2.23. The highest BCUT2D eigenvalue weighted by atomic mass is 35.5. The van der Waals surface area contributed by atoms with Crippen LogP contribution >= 0.6 is 33.2 Å². The molecule has 5 rings (SSSR count). The number of methoxy groups -OCH3 is 1. The van der Waals surface area contributed by atoms with Crippen molar-refractivity contribution in [2.45, 2.75) is 13.3 Å². The Labute approximate surface area is 227 Å².